The van der Waals surface area contributed by atoms with E-state index in [1.165, 1.54) is 44.9 Å². The van der Waals surface area contributed by atoms with Crippen molar-refractivity contribution in [1.29, 1.82) is 0 Å². The zero-order valence-corrected chi connectivity index (χ0v) is 23.8. The molecule has 0 spiro atoms. The van der Waals surface area contributed by atoms with E-state index in [0.29, 0.717) is 19.5 Å². The van der Waals surface area contributed by atoms with E-state index >= 15 is 0 Å². The molecule has 0 atom stereocenters. The summed E-state index contributed by atoms with van der Waals surface area (Å²) in [6, 6.07) is 12.2. The van der Waals surface area contributed by atoms with Gasteiger partial charge in [0.15, 0.2) is 5.78 Å². The molecule has 6 nitrogen and oxygen atoms in total. The summed E-state index contributed by atoms with van der Waals surface area (Å²) < 4.78 is 5.38. The highest BCUT2D eigenvalue weighted by atomic mass is 16.5. The molecular weight excluding hydrogens is 474 g/mol. The number of benzene rings is 2. The molecule has 1 heterocycles. The fourth-order valence-corrected chi connectivity index (χ4v) is 5.10. The van der Waals surface area contributed by atoms with Crippen molar-refractivity contribution in [2.24, 2.45) is 0 Å². The van der Waals surface area contributed by atoms with Gasteiger partial charge in [0.25, 0.3) is 0 Å². The first kappa shape index (κ1) is 30.1. The summed E-state index contributed by atoms with van der Waals surface area (Å²) in [6.07, 6.45) is 12.9. The van der Waals surface area contributed by atoms with Gasteiger partial charge in [0, 0.05) is 44.4 Å². The number of carbonyl (C=O) groups is 2. The lowest BCUT2D eigenvalue weighted by molar-refractivity contribution is -0.119. The molecule has 0 aromatic heterocycles. The first-order valence-electron chi connectivity index (χ1n) is 14.9. The predicted octanol–water partition coefficient (Wildman–Crippen LogP) is 6.22. The maximum Gasteiger partial charge on any atom is 0.239 e. The summed E-state index contributed by atoms with van der Waals surface area (Å²) in [7, 11) is 1.94. The van der Waals surface area contributed by atoms with Crippen molar-refractivity contribution >= 4 is 28.2 Å². The Morgan fingerprint density at radius 1 is 0.868 bits per heavy atom. The van der Waals surface area contributed by atoms with Crippen molar-refractivity contribution in [2.45, 2.75) is 77.6 Å². The highest BCUT2D eigenvalue weighted by Gasteiger charge is 2.12. The van der Waals surface area contributed by atoms with Crippen molar-refractivity contribution in [2.75, 3.05) is 57.9 Å². The van der Waals surface area contributed by atoms with E-state index < -0.39 is 0 Å². The molecule has 0 aliphatic carbocycles. The average Bonchev–Trinajstić information content (AvgIpc) is 2.94. The minimum absolute atomic E-state index is 0.0343. The van der Waals surface area contributed by atoms with Crippen LogP contribution in [0.4, 0.5) is 5.69 Å². The van der Waals surface area contributed by atoms with Crippen LogP contribution >= 0.6 is 0 Å². The highest BCUT2D eigenvalue weighted by Crippen LogP contribution is 2.23. The smallest absolute Gasteiger partial charge is 0.239 e. The summed E-state index contributed by atoms with van der Waals surface area (Å²) in [5.41, 5.74) is 1.80. The standard InChI is InChI=1S/C32H49N3O3/c1-3-4-5-6-7-8-9-10-11-13-31(36)29-15-14-28-25-30(17-16-27(28)24-29)34(2)26-32(37)33-18-12-19-35-20-22-38-23-21-35/h14-17,24-25H,3-13,18-23,26H2,1-2H3,(H,33,37). The fraction of sp³-hybridized carbons (Fsp3) is 0.625. The number of rotatable bonds is 18. The Morgan fingerprint density at radius 3 is 2.26 bits per heavy atom. The molecule has 0 unspecified atom stereocenters. The molecule has 1 aliphatic heterocycles. The second-order valence-electron chi connectivity index (χ2n) is 10.8. The van der Waals surface area contributed by atoms with E-state index in [1.54, 1.807) is 0 Å². The second-order valence-corrected chi connectivity index (χ2v) is 10.8. The molecule has 210 valence electrons. The van der Waals surface area contributed by atoms with E-state index in [4.69, 9.17) is 4.74 Å². The lowest BCUT2D eigenvalue weighted by atomic mass is 10.00. The van der Waals surface area contributed by atoms with E-state index in [2.05, 4.69) is 29.3 Å². The van der Waals surface area contributed by atoms with Gasteiger partial charge in [-0.15, -0.1) is 0 Å². The minimum Gasteiger partial charge on any atom is -0.379 e. The number of hydrogen-bond acceptors (Lipinski definition) is 5. The summed E-state index contributed by atoms with van der Waals surface area (Å²) >= 11 is 0. The van der Waals surface area contributed by atoms with Crippen LogP contribution in [0.5, 0.6) is 0 Å². The molecule has 3 rings (SSSR count). The third-order valence-electron chi connectivity index (χ3n) is 7.55. The molecule has 1 aliphatic rings. The van der Waals surface area contributed by atoms with Crippen molar-refractivity contribution in [1.82, 2.24) is 10.2 Å². The van der Waals surface area contributed by atoms with Crippen molar-refractivity contribution in [3.05, 3.63) is 42.0 Å². The Kier molecular flexibility index (Phi) is 13.6. The first-order chi connectivity index (χ1) is 18.6. The van der Waals surface area contributed by atoms with Crippen LogP contribution < -0.4 is 10.2 Å². The number of amides is 1. The molecule has 6 heteroatoms. The molecule has 0 bridgehead atoms. The predicted molar refractivity (Wildman–Crippen MR) is 158 cm³/mol. The number of nitrogens with one attached hydrogen (secondary N) is 1. The molecule has 0 saturated carbocycles. The molecule has 2 aromatic rings. The first-order valence-corrected chi connectivity index (χ1v) is 14.9. The molecule has 1 saturated heterocycles. The number of unbranched alkanes of at least 4 members (excludes halogenated alkanes) is 8. The van der Waals surface area contributed by atoms with Gasteiger partial charge in [-0.3, -0.25) is 14.5 Å². The van der Waals surface area contributed by atoms with E-state index in [9.17, 15) is 9.59 Å². The molecule has 1 amide bonds. The average molecular weight is 524 g/mol. The maximum absolute atomic E-state index is 12.7. The third kappa shape index (κ3) is 10.7. The molecule has 0 radical (unpaired) electrons. The second kappa shape index (κ2) is 17.2. The van der Waals surface area contributed by atoms with E-state index in [-0.39, 0.29) is 11.7 Å². The Labute approximate surface area is 230 Å². The number of likely N-dealkylation sites (N-methyl/N-ethyl adjacent to an activating group) is 1. The summed E-state index contributed by atoms with van der Waals surface area (Å²) in [5.74, 6) is 0.272. The summed E-state index contributed by atoms with van der Waals surface area (Å²) in [5, 5.41) is 5.19. The number of hydrogen-bond donors (Lipinski definition) is 1. The van der Waals surface area contributed by atoms with Crippen LogP contribution in [0.3, 0.4) is 0 Å². The van der Waals surface area contributed by atoms with Gasteiger partial charge in [-0.1, -0.05) is 76.5 Å². The Balaban J connectivity index is 1.37. The number of morpholine rings is 1. The molecule has 1 fully saturated rings. The van der Waals surface area contributed by atoms with Crippen molar-refractivity contribution < 1.29 is 14.3 Å². The molecule has 1 N–H and O–H groups in total. The monoisotopic (exact) mass is 523 g/mol. The van der Waals surface area contributed by atoms with Gasteiger partial charge >= 0.3 is 0 Å². The lowest BCUT2D eigenvalue weighted by Gasteiger charge is -2.26. The van der Waals surface area contributed by atoms with Crippen LogP contribution in [0.1, 0.15) is 87.9 Å². The number of anilines is 1. The zero-order chi connectivity index (χ0) is 27.0. The Bertz CT molecular complexity index is 987. The lowest BCUT2D eigenvalue weighted by Crippen LogP contribution is -2.39. The minimum atomic E-state index is 0.0343. The van der Waals surface area contributed by atoms with Gasteiger partial charge in [-0.05, 0) is 48.4 Å². The van der Waals surface area contributed by atoms with Crippen molar-refractivity contribution in [3.63, 3.8) is 0 Å². The van der Waals surface area contributed by atoms with Crippen LogP contribution in [0.2, 0.25) is 0 Å². The third-order valence-corrected chi connectivity index (χ3v) is 7.55. The number of ketones is 1. The fourth-order valence-electron chi connectivity index (χ4n) is 5.10. The zero-order valence-electron chi connectivity index (χ0n) is 23.8. The molecular formula is C32H49N3O3. The van der Waals surface area contributed by atoms with Gasteiger partial charge in [0.05, 0.1) is 19.8 Å². The van der Waals surface area contributed by atoms with Gasteiger partial charge in [-0.25, -0.2) is 0 Å². The number of Topliss-reactive ketones (excluding diaryl/α,β-unsaturated/α-hetero) is 1. The number of carbonyl (C=O) groups excluding carboxylic acids is 2. The molecule has 38 heavy (non-hydrogen) atoms. The van der Waals surface area contributed by atoms with Crippen LogP contribution in [-0.4, -0.2) is 69.6 Å². The van der Waals surface area contributed by atoms with Crippen LogP contribution in [0.25, 0.3) is 10.8 Å². The van der Waals surface area contributed by atoms with Gasteiger partial charge in [0.1, 0.15) is 0 Å². The largest absolute Gasteiger partial charge is 0.379 e. The summed E-state index contributed by atoms with van der Waals surface area (Å²) in [4.78, 5) is 29.5. The van der Waals surface area contributed by atoms with Crippen molar-refractivity contribution in [3.8, 4) is 0 Å². The normalized spacial score (nSPS) is 14.1. The van der Waals surface area contributed by atoms with Gasteiger partial charge in [0.2, 0.25) is 5.91 Å². The maximum atomic E-state index is 12.7. The summed E-state index contributed by atoms with van der Waals surface area (Å²) in [6.45, 7) is 7.83. The molecule has 2 aromatic carbocycles. The van der Waals surface area contributed by atoms with E-state index in [1.807, 2.05) is 36.2 Å². The highest BCUT2D eigenvalue weighted by molar-refractivity contribution is 6.00. The number of ether oxygens (including phenoxy) is 1. The topological polar surface area (TPSA) is 61.9 Å². The SMILES string of the molecule is CCCCCCCCCCCC(=O)c1ccc2cc(N(C)CC(=O)NCCCN3CCOCC3)ccc2c1. The quantitative estimate of drug-likeness (QED) is 0.186. The van der Waals surface area contributed by atoms with Gasteiger partial charge < -0.3 is 15.0 Å². The van der Waals surface area contributed by atoms with E-state index in [0.717, 1.165) is 74.1 Å². The Hall–Kier alpha value is -2.44. The van der Waals surface area contributed by atoms with Crippen LogP contribution in [-0.2, 0) is 9.53 Å². The Morgan fingerprint density at radius 2 is 1.53 bits per heavy atom. The van der Waals surface area contributed by atoms with Crippen LogP contribution in [0.15, 0.2) is 36.4 Å². The van der Waals surface area contributed by atoms with Crippen LogP contribution in [0, 0.1) is 0 Å². The number of nitrogens with zero attached hydrogens (tertiary/aromatic N) is 2. The number of fused-ring (bicyclic) bond motifs is 1. The van der Waals surface area contributed by atoms with Gasteiger partial charge in [-0.2, -0.15) is 0 Å².